The highest BCUT2D eigenvalue weighted by molar-refractivity contribution is 9.10. The molecule has 0 amide bonds. The summed E-state index contributed by atoms with van der Waals surface area (Å²) in [6.45, 7) is 4.17. The monoisotopic (exact) mass is 304 g/mol. The number of hydrazine groups is 1. The van der Waals surface area contributed by atoms with E-state index in [2.05, 4.69) is 26.4 Å². The molecule has 0 spiro atoms. The van der Waals surface area contributed by atoms with Gasteiger partial charge in [-0.3, -0.25) is 5.43 Å². The summed E-state index contributed by atoms with van der Waals surface area (Å²) in [6.07, 6.45) is 0. The predicted molar refractivity (Wildman–Crippen MR) is 68.4 cm³/mol. The van der Waals surface area contributed by atoms with Crippen molar-refractivity contribution in [3.63, 3.8) is 0 Å². The molecule has 1 N–H and O–H groups in total. The molecule has 5 heteroatoms. The fraction of sp³-hybridized carbons (Fsp3) is 0.455. The van der Waals surface area contributed by atoms with Gasteiger partial charge < -0.3 is 4.74 Å². The van der Waals surface area contributed by atoms with Gasteiger partial charge in [0.25, 0.3) is 0 Å². The fourth-order valence-corrected chi connectivity index (χ4v) is 2.19. The van der Waals surface area contributed by atoms with Gasteiger partial charge in [0.1, 0.15) is 0 Å². The van der Waals surface area contributed by atoms with Crippen LogP contribution in [0.3, 0.4) is 0 Å². The van der Waals surface area contributed by atoms with E-state index in [4.69, 9.17) is 16.3 Å². The second kappa shape index (κ2) is 5.98. The molecule has 3 nitrogen and oxygen atoms in total. The van der Waals surface area contributed by atoms with E-state index < -0.39 is 0 Å². The summed E-state index contributed by atoms with van der Waals surface area (Å²) in [5.41, 5.74) is 4.45. The predicted octanol–water partition coefficient (Wildman–Crippen LogP) is 2.44. The molecule has 2 rings (SSSR count). The molecule has 1 saturated heterocycles. The van der Waals surface area contributed by atoms with E-state index in [0.717, 1.165) is 47.9 Å². The van der Waals surface area contributed by atoms with Gasteiger partial charge in [-0.25, -0.2) is 5.01 Å². The van der Waals surface area contributed by atoms with Crippen molar-refractivity contribution in [3.05, 3.63) is 33.3 Å². The summed E-state index contributed by atoms with van der Waals surface area (Å²) in [4.78, 5) is 0. The maximum absolute atomic E-state index is 6.11. The SMILES string of the molecule is Clc1ccc(Br)cc1CNN1CCOCC1. The molecule has 0 aliphatic carbocycles. The number of benzene rings is 1. The molecule has 0 unspecified atom stereocenters. The first-order chi connectivity index (χ1) is 7.75. The van der Waals surface area contributed by atoms with E-state index in [1.54, 1.807) is 0 Å². The molecule has 88 valence electrons. The molecule has 1 aromatic rings. The number of hydrogen-bond donors (Lipinski definition) is 1. The smallest absolute Gasteiger partial charge is 0.0608 e. The lowest BCUT2D eigenvalue weighted by Gasteiger charge is -2.27. The second-order valence-electron chi connectivity index (χ2n) is 3.67. The molecule has 1 fully saturated rings. The normalized spacial score (nSPS) is 17.6. The Morgan fingerprint density at radius 3 is 2.88 bits per heavy atom. The summed E-state index contributed by atoms with van der Waals surface area (Å²) in [6, 6.07) is 5.89. The molecular weight excluding hydrogens is 291 g/mol. The number of morpholine rings is 1. The fourth-order valence-electron chi connectivity index (χ4n) is 1.60. The van der Waals surface area contributed by atoms with Gasteiger partial charge in [-0.05, 0) is 23.8 Å². The Balaban J connectivity index is 1.90. The third-order valence-electron chi connectivity index (χ3n) is 2.51. The zero-order chi connectivity index (χ0) is 11.4. The summed E-state index contributed by atoms with van der Waals surface area (Å²) in [7, 11) is 0. The van der Waals surface area contributed by atoms with Crippen LogP contribution in [0.4, 0.5) is 0 Å². The summed E-state index contributed by atoms with van der Waals surface area (Å²) < 4.78 is 6.33. The topological polar surface area (TPSA) is 24.5 Å². The van der Waals surface area contributed by atoms with Gasteiger partial charge in [-0.15, -0.1) is 0 Å². The van der Waals surface area contributed by atoms with Crippen molar-refractivity contribution in [1.29, 1.82) is 0 Å². The van der Waals surface area contributed by atoms with Crippen molar-refractivity contribution in [2.24, 2.45) is 0 Å². The molecule has 16 heavy (non-hydrogen) atoms. The van der Waals surface area contributed by atoms with Crippen LogP contribution in [-0.4, -0.2) is 31.3 Å². The van der Waals surface area contributed by atoms with Gasteiger partial charge in [-0.2, -0.15) is 0 Å². The van der Waals surface area contributed by atoms with Crippen LogP contribution in [-0.2, 0) is 11.3 Å². The minimum atomic E-state index is 0.748. The molecule has 0 bridgehead atoms. The Hall–Kier alpha value is -0.130. The van der Waals surface area contributed by atoms with Crippen molar-refractivity contribution >= 4 is 27.5 Å². The molecule has 1 aromatic carbocycles. The van der Waals surface area contributed by atoms with E-state index in [9.17, 15) is 0 Å². The van der Waals surface area contributed by atoms with Crippen LogP contribution >= 0.6 is 27.5 Å². The number of nitrogens with zero attached hydrogens (tertiary/aromatic N) is 1. The minimum Gasteiger partial charge on any atom is -0.379 e. The molecule has 1 aliphatic heterocycles. The molecule has 0 atom stereocenters. The third-order valence-corrected chi connectivity index (χ3v) is 3.37. The van der Waals surface area contributed by atoms with Crippen molar-refractivity contribution in [3.8, 4) is 0 Å². The Kier molecular flexibility index (Phi) is 4.61. The van der Waals surface area contributed by atoms with Gasteiger partial charge in [0.15, 0.2) is 0 Å². The first-order valence-corrected chi connectivity index (χ1v) is 6.43. The van der Waals surface area contributed by atoms with Crippen molar-refractivity contribution in [2.75, 3.05) is 26.3 Å². The average Bonchev–Trinajstić information content (AvgIpc) is 2.32. The number of nitrogens with one attached hydrogen (secondary N) is 1. The van der Waals surface area contributed by atoms with Crippen LogP contribution < -0.4 is 5.43 Å². The maximum atomic E-state index is 6.11. The standard InChI is InChI=1S/C11H14BrClN2O/c12-10-1-2-11(13)9(7-10)8-14-15-3-5-16-6-4-15/h1-2,7,14H,3-6,8H2. The molecule has 0 radical (unpaired) electrons. The third kappa shape index (κ3) is 3.43. The van der Waals surface area contributed by atoms with E-state index in [1.165, 1.54) is 0 Å². The first-order valence-electron chi connectivity index (χ1n) is 5.26. The van der Waals surface area contributed by atoms with Crippen LogP contribution in [0.15, 0.2) is 22.7 Å². The Morgan fingerprint density at radius 2 is 2.12 bits per heavy atom. The summed E-state index contributed by atoms with van der Waals surface area (Å²) in [5, 5.41) is 2.96. The number of hydrogen-bond acceptors (Lipinski definition) is 3. The van der Waals surface area contributed by atoms with Crippen LogP contribution in [0.2, 0.25) is 5.02 Å². The second-order valence-corrected chi connectivity index (χ2v) is 4.99. The maximum Gasteiger partial charge on any atom is 0.0608 e. The highest BCUT2D eigenvalue weighted by atomic mass is 79.9. The Bertz CT molecular complexity index is 356. The van der Waals surface area contributed by atoms with Crippen LogP contribution in [0.25, 0.3) is 0 Å². The largest absolute Gasteiger partial charge is 0.379 e. The van der Waals surface area contributed by atoms with Gasteiger partial charge in [0, 0.05) is 29.1 Å². The van der Waals surface area contributed by atoms with E-state index >= 15 is 0 Å². The summed E-state index contributed by atoms with van der Waals surface area (Å²) in [5.74, 6) is 0. The van der Waals surface area contributed by atoms with Gasteiger partial charge >= 0.3 is 0 Å². The van der Waals surface area contributed by atoms with Crippen molar-refractivity contribution in [2.45, 2.75) is 6.54 Å². The van der Waals surface area contributed by atoms with Gasteiger partial charge in [0.2, 0.25) is 0 Å². The zero-order valence-corrected chi connectivity index (χ0v) is 11.2. The van der Waals surface area contributed by atoms with Gasteiger partial charge in [0.05, 0.1) is 13.2 Å². The van der Waals surface area contributed by atoms with E-state index in [0.29, 0.717) is 0 Å². The highest BCUT2D eigenvalue weighted by Crippen LogP contribution is 2.20. The van der Waals surface area contributed by atoms with Gasteiger partial charge in [-0.1, -0.05) is 27.5 Å². The van der Waals surface area contributed by atoms with Crippen molar-refractivity contribution in [1.82, 2.24) is 10.4 Å². The average molecular weight is 306 g/mol. The lowest BCUT2D eigenvalue weighted by atomic mass is 10.2. The lowest BCUT2D eigenvalue weighted by molar-refractivity contribution is 0.0106. The van der Waals surface area contributed by atoms with E-state index in [1.807, 2.05) is 18.2 Å². The molecular formula is C11H14BrClN2O. The summed E-state index contributed by atoms with van der Waals surface area (Å²) >= 11 is 9.55. The molecule has 0 aromatic heterocycles. The number of ether oxygens (including phenoxy) is 1. The number of rotatable bonds is 3. The first kappa shape index (κ1) is 12.3. The van der Waals surface area contributed by atoms with E-state index in [-0.39, 0.29) is 0 Å². The zero-order valence-electron chi connectivity index (χ0n) is 8.88. The highest BCUT2D eigenvalue weighted by Gasteiger charge is 2.10. The quantitative estimate of drug-likeness (QED) is 0.928. The van der Waals surface area contributed by atoms with Crippen LogP contribution in [0, 0.1) is 0 Å². The molecule has 0 saturated carbocycles. The lowest BCUT2D eigenvalue weighted by Crippen LogP contribution is -2.45. The Morgan fingerprint density at radius 1 is 1.38 bits per heavy atom. The van der Waals surface area contributed by atoms with Crippen LogP contribution in [0.5, 0.6) is 0 Å². The Labute approximate surface area is 109 Å². The van der Waals surface area contributed by atoms with Crippen LogP contribution in [0.1, 0.15) is 5.56 Å². The number of halogens is 2. The van der Waals surface area contributed by atoms with Crippen molar-refractivity contribution < 1.29 is 4.74 Å². The minimum absolute atomic E-state index is 0.748. The molecule has 1 aliphatic rings. The molecule has 1 heterocycles.